The van der Waals surface area contributed by atoms with Gasteiger partial charge in [-0.05, 0) is 36.8 Å². The molecule has 1 aliphatic rings. The maximum atomic E-state index is 13.3. The van der Waals surface area contributed by atoms with E-state index in [0.29, 0.717) is 38.6 Å². The lowest BCUT2D eigenvalue weighted by atomic mass is 10.2. The quantitative estimate of drug-likeness (QED) is 0.227. The molecule has 11 heteroatoms. The van der Waals surface area contributed by atoms with E-state index in [1.807, 2.05) is 16.8 Å². The van der Waals surface area contributed by atoms with Crippen molar-refractivity contribution in [3.63, 3.8) is 0 Å². The number of furan rings is 1. The summed E-state index contributed by atoms with van der Waals surface area (Å²) in [4.78, 5) is 36.9. The third-order valence-corrected chi connectivity index (χ3v) is 6.63. The van der Waals surface area contributed by atoms with Gasteiger partial charge in [-0.3, -0.25) is 18.9 Å². The van der Waals surface area contributed by atoms with E-state index in [4.69, 9.17) is 16.6 Å². The Morgan fingerprint density at radius 1 is 1.18 bits per heavy atom. The SMILES string of the molecule is O=C1C(=Cc2c(NCCCn3ccnc3)nc3ccccn3c2=O)SC(=S)N1Cc1ccco1. The van der Waals surface area contributed by atoms with Crippen LogP contribution in [0.5, 0.6) is 0 Å². The highest BCUT2D eigenvalue weighted by molar-refractivity contribution is 8.26. The average Bonchev–Trinajstić information content (AvgIpc) is 3.59. The average molecular weight is 493 g/mol. The summed E-state index contributed by atoms with van der Waals surface area (Å²) in [5.74, 6) is 0.790. The van der Waals surface area contributed by atoms with Crippen LogP contribution < -0.4 is 10.9 Å². The molecule has 4 aromatic heterocycles. The number of nitrogens with one attached hydrogen (secondary N) is 1. The number of hydrogen-bond donors (Lipinski definition) is 1. The Labute approximate surface area is 204 Å². The van der Waals surface area contributed by atoms with Gasteiger partial charge >= 0.3 is 0 Å². The largest absolute Gasteiger partial charge is 0.467 e. The summed E-state index contributed by atoms with van der Waals surface area (Å²) in [5, 5.41) is 3.27. The Kier molecular flexibility index (Phi) is 6.28. The monoisotopic (exact) mass is 492 g/mol. The Balaban J connectivity index is 1.44. The van der Waals surface area contributed by atoms with Crippen molar-refractivity contribution >= 4 is 51.7 Å². The minimum Gasteiger partial charge on any atom is -0.467 e. The minimum absolute atomic E-state index is 0.239. The number of pyridine rings is 1. The fourth-order valence-corrected chi connectivity index (χ4v) is 4.82. The maximum Gasteiger partial charge on any atom is 0.267 e. The summed E-state index contributed by atoms with van der Waals surface area (Å²) in [6, 6.07) is 8.90. The summed E-state index contributed by atoms with van der Waals surface area (Å²) < 4.78 is 9.21. The molecule has 0 saturated carbocycles. The van der Waals surface area contributed by atoms with Gasteiger partial charge < -0.3 is 14.3 Å². The van der Waals surface area contributed by atoms with Crippen molar-refractivity contribution < 1.29 is 9.21 Å². The molecule has 1 amide bonds. The molecule has 4 aromatic rings. The molecule has 1 fully saturated rings. The fraction of sp³-hybridized carbons (Fsp3) is 0.174. The van der Waals surface area contributed by atoms with E-state index in [9.17, 15) is 9.59 Å². The lowest BCUT2D eigenvalue weighted by molar-refractivity contribution is -0.122. The summed E-state index contributed by atoms with van der Waals surface area (Å²) >= 11 is 6.58. The Morgan fingerprint density at radius 3 is 2.88 bits per heavy atom. The molecule has 34 heavy (non-hydrogen) atoms. The number of imidazole rings is 1. The number of carbonyl (C=O) groups excluding carboxylic acids is 1. The molecule has 0 atom stereocenters. The topological polar surface area (TPSA) is 97.7 Å². The van der Waals surface area contributed by atoms with E-state index in [1.165, 1.54) is 9.30 Å². The number of nitrogens with zero attached hydrogens (tertiary/aromatic N) is 5. The molecule has 0 spiro atoms. The first kappa shape index (κ1) is 22.1. The van der Waals surface area contributed by atoms with E-state index in [0.717, 1.165) is 24.7 Å². The number of rotatable bonds is 8. The fourth-order valence-electron chi connectivity index (χ4n) is 3.58. The lowest BCUT2D eigenvalue weighted by Crippen LogP contribution is -2.27. The number of fused-ring (bicyclic) bond motifs is 1. The van der Waals surface area contributed by atoms with E-state index < -0.39 is 0 Å². The number of carbonyl (C=O) groups is 1. The van der Waals surface area contributed by atoms with Crippen molar-refractivity contribution in [1.82, 2.24) is 23.8 Å². The van der Waals surface area contributed by atoms with Crippen LogP contribution in [0.4, 0.5) is 5.82 Å². The van der Waals surface area contributed by atoms with Gasteiger partial charge in [-0.1, -0.05) is 30.0 Å². The van der Waals surface area contributed by atoms with Crippen molar-refractivity contribution in [2.45, 2.75) is 19.5 Å². The number of thiocarbonyl (C=S) groups is 1. The van der Waals surface area contributed by atoms with E-state index in [-0.39, 0.29) is 18.0 Å². The van der Waals surface area contributed by atoms with Crippen LogP contribution in [-0.4, -0.2) is 40.6 Å². The Morgan fingerprint density at radius 2 is 2.09 bits per heavy atom. The molecule has 9 nitrogen and oxygen atoms in total. The zero-order valence-electron chi connectivity index (χ0n) is 18.0. The predicted octanol–water partition coefficient (Wildman–Crippen LogP) is 3.39. The van der Waals surface area contributed by atoms with Crippen LogP contribution in [0.2, 0.25) is 0 Å². The number of anilines is 1. The standard InChI is InChI=1S/C23H20N6O3S2/c30-21-17(13-18-22(31)29(23(33)34-18)14-16-5-3-12-32-16)20(26-19-6-1-2-10-28(19)21)25-7-4-9-27-11-8-24-15-27/h1-3,5-6,8,10-13,15,25H,4,7,9,14H2. The molecular weight excluding hydrogens is 472 g/mol. The second kappa shape index (κ2) is 9.65. The van der Waals surface area contributed by atoms with E-state index in [1.54, 1.807) is 55.3 Å². The Bertz CT molecular complexity index is 1430. The highest BCUT2D eigenvalue weighted by atomic mass is 32.2. The van der Waals surface area contributed by atoms with E-state index >= 15 is 0 Å². The molecule has 1 aliphatic heterocycles. The van der Waals surface area contributed by atoms with Crippen LogP contribution in [-0.2, 0) is 17.9 Å². The number of amides is 1. The highest BCUT2D eigenvalue weighted by Gasteiger charge is 2.33. The third kappa shape index (κ3) is 4.52. The van der Waals surface area contributed by atoms with Gasteiger partial charge in [-0.2, -0.15) is 0 Å². The third-order valence-electron chi connectivity index (χ3n) is 5.26. The first-order chi connectivity index (χ1) is 16.6. The van der Waals surface area contributed by atoms with Crippen LogP contribution in [0.25, 0.3) is 11.7 Å². The van der Waals surface area contributed by atoms with Gasteiger partial charge in [-0.25, -0.2) is 9.97 Å². The zero-order chi connectivity index (χ0) is 23.5. The molecule has 0 bridgehead atoms. The molecule has 1 N–H and O–H groups in total. The molecule has 172 valence electrons. The van der Waals surface area contributed by atoms with Gasteiger partial charge in [0.25, 0.3) is 11.5 Å². The summed E-state index contributed by atoms with van der Waals surface area (Å²) in [7, 11) is 0. The molecule has 1 saturated heterocycles. The van der Waals surface area contributed by atoms with Crippen LogP contribution >= 0.6 is 24.0 Å². The lowest BCUT2D eigenvalue weighted by Gasteiger charge is -2.12. The van der Waals surface area contributed by atoms with Crippen molar-refractivity contribution in [2.75, 3.05) is 11.9 Å². The Hall–Kier alpha value is -3.70. The van der Waals surface area contributed by atoms with Crippen molar-refractivity contribution in [2.24, 2.45) is 0 Å². The van der Waals surface area contributed by atoms with Crippen molar-refractivity contribution in [3.05, 3.63) is 88.1 Å². The summed E-state index contributed by atoms with van der Waals surface area (Å²) in [6.45, 7) is 1.61. The molecule has 0 radical (unpaired) electrons. The van der Waals surface area contributed by atoms with Gasteiger partial charge in [0, 0.05) is 31.7 Å². The minimum atomic E-state index is -0.269. The van der Waals surface area contributed by atoms with Crippen molar-refractivity contribution in [1.29, 1.82) is 0 Å². The molecule has 0 aromatic carbocycles. The normalized spacial score (nSPS) is 15.1. The number of aromatic nitrogens is 4. The number of thioether (sulfide) groups is 1. The smallest absolute Gasteiger partial charge is 0.267 e. The molecule has 5 rings (SSSR count). The van der Waals surface area contributed by atoms with Crippen LogP contribution in [0, 0.1) is 0 Å². The zero-order valence-corrected chi connectivity index (χ0v) is 19.6. The van der Waals surface area contributed by atoms with Crippen molar-refractivity contribution in [3.8, 4) is 0 Å². The first-order valence-electron chi connectivity index (χ1n) is 10.6. The van der Waals surface area contributed by atoms with E-state index in [2.05, 4.69) is 15.3 Å². The van der Waals surface area contributed by atoms with Gasteiger partial charge in [0.15, 0.2) is 0 Å². The number of aryl methyl sites for hydroxylation is 1. The number of hydrogen-bond acceptors (Lipinski definition) is 8. The second-order valence-electron chi connectivity index (χ2n) is 7.54. The highest BCUT2D eigenvalue weighted by Crippen LogP contribution is 2.34. The summed E-state index contributed by atoms with van der Waals surface area (Å²) in [6.07, 6.45) is 11.0. The van der Waals surface area contributed by atoms with Crippen LogP contribution in [0.3, 0.4) is 0 Å². The second-order valence-corrected chi connectivity index (χ2v) is 9.21. The van der Waals surface area contributed by atoms with Gasteiger partial charge in [0.2, 0.25) is 0 Å². The predicted molar refractivity (Wildman–Crippen MR) is 134 cm³/mol. The molecule has 0 unspecified atom stereocenters. The first-order valence-corrected chi connectivity index (χ1v) is 11.8. The summed E-state index contributed by atoms with van der Waals surface area (Å²) in [5.41, 5.74) is 0.566. The molecule has 0 aliphatic carbocycles. The van der Waals surface area contributed by atoms with Gasteiger partial charge in [0.05, 0.1) is 29.6 Å². The molecular formula is C23H20N6O3S2. The van der Waals surface area contributed by atoms with Crippen LogP contribution in [0.15, 0.2) is 75.6 Å². The van der Waals surface area contributed by atoms with Gasteiger partial charge in [0.1, 0.15) is 21.5 Å². The van der Waals surface area contributed by atoms with Crippen LogP contribution in [0.1, 0.15) is 17.7 Å². The van der Waals surface area contributed by atoms with Gasteiger partial charge in [-0.15, -0.1) is 0 Å². The molecule has 5 heterocycles. The maximum absolute atomic E-state index is 13.3.